The van der Waals surface area contributed by atoms with Crippen LogP contribution in [0.4, 0.5) is 23.2 Å². The van der Waals surface area contributed by atoms with Gasteiger partial charge >= 0.3 is 6.18 Å². The topological polar surface area (TPSA) is 49.8 Å². The number of rotatable bonds is 1. The fourth-order valence-electron chi connectivity index (χ4n) is 1.81. The van der Waals surface area contributed by atoms with Gasteiger partial charge in [0.25, 0.3) is 0 Å². The minimum atomic E-state index is -4.49. The second-order valence-corrected chi connectivity index (χ2v) is 4.14. The summed E-state index contributed by atoms with van der Waals surface area (Å²) < 4.78 is 50.9. The molecule has 0 atom stereocenters. The Kier molecular flexibility index (Phi) is 3.36. The molecule has 0 saturated carbocycles. The number of halogens is 4. The highest BCUT2D eigenvalue weighted by Crippen LogP contribution is 2.34. The van der Waals surface area contributed by atoms with E-state index < -0.39 is 17.6 Å². The highest BCUT2D eigenvalue weighted by molar-refractivity contribution is 5.77. The summed E-state index contributed by atoms with van der Waals surface area (Å²) in [5.74, 6) is -0.654. The molecule has 2 aromatic carbocycles. The number of alkyl halides is 3. The maximum atomic E-state index is 13.3. The lowest BCUT2D eigenvalue weighted by atomic mass is 9.99. The zero-order valence-electron chi connectivity index (χ0n) is 10.0. The molecular weight excluding hydrogens is 272 g/mol. The number of nitrogens with zero attached hydrogens (tertiary/aromatic N) is 1. The van der Waals surface area contributed by atoms with E-state index in [2.05, 4.69) is 0 Å². The Hall–Kier alpha value is -2.55. The third kappa shape index (κ3) is 2.72. The third-order valence-corrected chi connectivity index (χ3v) is 2.72. The van der Waals surface area contributed by atoms with Gasteiger partial charge in [-0.15, -0.1) is 0 Å². The van der Waals surface area contributed by atoms with Gasteiger partial charge in [0.1, 0.15) is 5.82 Å². The molecule has 2 N–H and O–H groups in total. The van der Waals surface area contributed by atoms with E-state index in [-0.39, 0.29) is 22.4 Å². The molecule has 0 spiro atoms. The molecule has 0 fully saturated rings. The summed E-state index contributed by atoms with van der Waals surface area (Å²) in [6, 6.07) is 8.09. The number of hydrogen-bond donors (Lipinski definition) is 1. The van der Waals surface area contributed by atoms with Crippen LogP contribution >= 0.6 is 0 Å². The summed E-state index contributed by atoms with van der Waals surface area (Å²) in [5, 5.41) is 8.76. The first-order valence-electron chi connectivity index (χ1n) is 5.49. The SMILES string of the molecule is N#Cc1cc(F)cc(-c2ccc(C(F)(F)F)cc2N)c1. The van der Waals surface area contributed by atoms with Gasteiger partial charge in [0.2, 0.25) is 0 Å². The predicted molar refractivity (Wildman–Crippen MR) is 66.0 cm³/mol. The molecule has 0 heterocycles. The first-order chi connectivity index (χ1) is 9.31. The van der Waals surface area contributed by atoms with Gasteiger partial charge in [-0.2, -0.15) is 18.4 Å². The number of nitrogens with two attached hydrogens (primary N) is 1. The Labute approximate surface area is 112 Å². The molecule has 0 amide bonds. The highest BCUT2D eigenvalue weighted by Gasteiger charge is 2.30. The number of anilines is 1. The van der Waals surface area contributed by atoms with Crippen molar-refractivity contribution >= 4 is 5.69 Å². The smallest absolute Gasteiger partial charge is 0.398 e. The molecule has 0 aromatic heterocycles. The maximum absolute atomic E-state index is 13.3. The molecule has 2 rings (SSSR count). The molecule has 0 unspecified atom stereocenters. The van der Waals surface area contributed by atoms with Gasteiger partial charge in [-0.25, -0.2) is 4.39 Å². The fourth-order valence-corrected chi connectivity index (χ4v) is 1.81. The third-order valence-electron chi connectivity index (χ3n) is 2.72. The van der Waals surface area contributed by atoms with Crippen LogP contribution in [0.25, 0.3) is 11.1 Å². The van der Waals surface area contributed by atoms with Gasteiger partial charge in [-0.1, -0.05) is 6.07 Å². The lowest BCUT2D eigenvalue weighted by Gasteiger charge is -2.11. The first-order valence-corrected chi connectivity index (χ1v) is 5.49. The number of hydrogen-bond acceptors (Lipinski definition) is 2. The average Bonchev–Trinajstić information content (AvgIpc) is 2.36. The molecule has 0 radical (unpaired) electrons. The molecule has 0 aliphatic heterocycles. The lowest BCUT2D eigenvalue weighted by molar-refractivity contribution is -0.137. The highest BCUT2D eigenvalue weighted by atomic mass is 19.4. The first kappa shape index (κ1) is 13.9. The molecule has 0 aliphatic rings. The van der Waals surface area contributed by atoms with E-state index >= 15 is 0 Å². The minimum Gasteiger partial charge on any atom is -0.398 e. The van der Waals surface area contributed by atoms with Crippen molar-refractivity contribution < 1.29 is 17.6 Å². The second kappa shape index (κ2) is 4.85. The van der Waals surface area contributed by atoms with Gasteiger partial charge in [-0.3, -0.25) is 0 Å². The van der Waals surface area contributed by atoms with Crippen molar-refractivity contribution in [3.8, 4) is 17.2 Å². The Morgan fingerprint density at radius 1 is 1.05 bits per heavy atom. The van der Waals surface area contributed by atoms with Crippen LogP contribution in [0.5, 0.6) is 0 Å². The summed E-state index contributed by atoms with van der Waals surface area (Å²) in [6.45, 7) is 0. The van der Waals surface area contributed by atoms with Crippen molar-refractivity contribution in [2.75, 3.05) is 5.73 Å². The van der Waals surface area contributed by atoms with Crippen LogP contribution in [0.1, 0.15) is 11.1 Å². The molecule has 6 heteroatoms. The summed E-state index contributed by atoms with van der Waals surface area (Å²) in [7, 11) is 0. The van der Waals surface area contributed by atoms with Crippen LogP contribution in [0.15, 0.2) is 36.4 Å². The summed E-state index contributed by atoms with van der Waals surface area (Å²) in [6.07, 6.45) is -4.49. The predicted octanol–water partition coefficient (Wildman–Crippen LogP) is 3.97. The van der Waals surface area contributed by atoms with E-state index in [0.29, 0.717) is 0 Å². The molecule has 0 saturated heterocycles. The number of nitrogen functional groups attached to an aromatic ring is 1. The number of nitriles is 1. The van der Waals surface area contributed by atoms with E-state index in [1.807, 2.05) is 0 Å². The van der Waals surface area contributed by atoms with Gasteiger partial charge in [0.05, 0.1) is 17.2 Å². The molecule has 0 bridgehead atoms. The Bertz CT molecular complexity index is 699. The van der Waals surface area contributed by atoms with Crippen LogP contribution in [0, 0.1) is 17.1 Å². The normalized spacial score (nSPS) is 11.2. The van der Waals surface area contributed by atoms with Gasteiger partial charge in [-0.05, 0) is 35.9 Å². The molecule has 102 valence electrons. The lowest BCUT2D eigenvalue weighted by Crippen LogP contribution is -2.06. The molecular formula is C14H8F4N2. The quantitative estimate of drug-likeness (QED) is 0.634. The van der Waals surface area contributed by atoms with Crippen molar-refractivity contribution in [1.82, 2.24) is 0 Å². The fraction of sp³-hybridized carbons (Fsp3) is 0.0714. The summed E-state index contributed by atoms with van der Waals surface area (Å²) in [4.78, 5) is 0. The molecule has 20 heavy (non-hydrogen) atoms. The standard InChI is InChI=1S/C14H8F4N2/c15-11-4-8(7-19)3-9(5-11)12-2-1-10(6-13(12)20)14(16,17)18/h1-6H,20H2. The second-order valence-electron chi connectivity index (χ2n) is 4.14. The average molecular weight is 280 g/mol. The summed E-state index contributed by atoms with van der Waals surface area (Å²) >= 11 is 0. The van der Waals surface area contributed by atoms with E-state index in [1.165, 1.54) is 6.07 Å². The minimum absolute atomic E-state index is 0.0688. The monoisotopic (exact) mass is 280 g/mol. The molecule has 0 aliphatic carbocycles. The van der Waals surface area contributed by atoms with Crippen molar-refractivity contribution in [2.24, 2.45) is 0 Å². The van der Waals surface area contributed by atoms with Gasteiger partial charge in [0.15, 0.2) is 0 Å². The van der Waals surface area contributed by atoms with Crippen LogP contribution in [0.2, 0.25) is 0 Å². The van der Waals surface area contributed by atoms with E-state index in [4.69, 9.17) is 11.0 Å². The largest absolute Gasteiger partial charge is 0.416 e. The van der Waals surface area contributed by atoms with Crippen molar-refractivity contribution in [3.05, 3.63) is 53.3 Å². The van der Waals surface area contributed by atoms with Crippen molar-refractivity contribution in [1.29, 1.82) is 5.26 Å². The maximum Gasteiger partial charge on any atom is 0.416 e. The zero-order valence-corrected chi connectivity index (χ0v) is 10.0. The molecule has 2 aromatic rings. The van der Waals surface area contributed by atoms with Crippen molar-refractivity contribution in [2.45, 2.75) is 6.18 Å². The van der Waals surface area contributed by atoms with Crippen LogP contribution < -0.4 is 5.73 Å². The van der Waals surface area contributed by atoms with Crippen LogP contribution in [-0.4, -0.2) is 0 Å². The van der Waals surface area contributed by atoms with Gasteiger partial charge < -0.3 is 5.73 Å². The van der Waals surface area contributed by atoms with Crippen LogP contribution in [0.3, 0.4) is 0 Å². The molecule has 2 nitrogen and oxygen atoms in total. The Morgan fingerprint density at radius 3 is 2.30 bits per heavy atom. The number of benzene rings is 2. The zero-order chi connectivity index (χ0) is 14.9. The van der Waals surface area contributed by atoms with Crippen LogP contribution in [-0.2, 0) is 6.18 Å². The Balaban J connectivity index is 2.55. The van der Waals surface area contributed by atoms with Gasteiger partial charge in [0, 0.05) is 11.3 Å². The Morgan fingerprint density at radius 2 is 1.75 bits per heavy atom. The van der Waals surface area contributed by atoms with E-state index in [0.717, 1.165) is 30.3 Å². The van der Waals surface area contributed by atoms with E-state index in [1.54, 1.807) is 6.07 Å². The summed E-state index contributed by atoms with van der Waals surface area (Å²) in [5.41, 5.74) is 5.15. The van der Waals surface area contributed by atoms with E-state index in [9.17, 15) is 17.6 Å². The van der Waals surface area contributed by atoms with Crippen molar-refractivity contribution in [3.63, 3.8) is 0 Å².